The molecule has 3 N–H and O–H groups in total. The van der Waals surface area contributed by atoms with Crippen molar-refractivity contribution in [2.75, 3.05) is 13.1 Å². The number of nitrogens with two attached hydrogens (primary N) is 1. The molecule has 0 spiro atoms. The van der Waals surface area contributed by atoms with E-state index >= 15 is 0 Å². The molecule has 0 bridgehead atoms. The topological polar surface area (TPSA) is 92.5 Å². The fourth-order valence-electron chi connectivity index (χ4n) is 3.80. The van der Waals surface area contributed by atoms with Crippen LogP contribution in [-0.4, -0.2) is 35.7 Å². The Hall–Kier alpha value is -2.86. The molecule has 0 saturated carbocycles. The zero-order valence-corrected chi connectivity index (χ0v) is 17.7. The van der Waals surface area contributed by atoms with Crippen molar-refractivity contribution in [1.29, 1.82) is 0 Å². The fraction of sp³-hybridized carbons (Fsp3) is 0.348. The number of carbonyl (C=O) groups excluding carboxylic acids is 3. The van der Waals surface area contributed by atoms with Gasteiger partial charge in [-0.25, -0.2) is 0 Å². The van der Waals surface area contributed by atoms with E-state index in [-0.39, 0.29) is 17.7 Å². The monoisotopic (exact) mass is 427 g/mol. The Balaban J connectivity index is 1.64. The molecule has 2 atom stereocenters. The van der Waals surface area contributed by atoms with Crippen LogP contribution >= 0.6 is 11.6 Å². The summed E-state index contributed by atoms with van der Waals surface area (Å²) in [4.78, 5) is 37.6. The van der Waals surface area contributed by atoms with Crippen molar-refractivity contribution in [1.82, 2.24) is 10.2 Å². The van der Waals surface area contributed by atoms with Crippen LogP contribution in [-0.2, 0) is 27.3 Å². The Bertz CT molecular complexity index is 912. The molecule has 1 saturated heterocycles. The number of aryl methyl sites for hydroxylation is 1. The van der Waals surface area contributed by atoms with E-state index in [2.05, 4.69) is 5.32 Å². The van der Waals surface area contributed by atoms with Crippen molar-refractivity contribution in [2.24, 2.45) is 11.7 Å². The second-order valence-corrected chi connectivity index (χ2v) is 8.13. The third kappa shape index (κ3) is 5.60. The van der Waals surface area contributed by atoms with E-state index in [0.717, 1.165) is 16.7 Å². The summed E-state index contributed by atoms with van der Waals surface area (Å²) >= 11 is 5.90. The number of hydrogen-bond donors (Lipinski definition) is 2. The molecule has 0 aliphatic carbocycles. The molecule has 3 rings (SSSR count). The van der Waals surface area contributed by atoms with E-state index in [4.69, 9.17) is 17.3 Å². The third-order valence-electron chi connectivity index (χ3n) is 5.53. The van der Waals surface area contributed by atoms with E-state index < -0.39 is 11.8 Å². The van der Waals surface area contributed by atoms with Crippen molar-refractivity contribution in [3.05, 3.63) is 70.2 Å². The van der Waals surface area contributed by atoms with E-state index in [1.165, 1.54) is 6.92 Å². The summed E-state index contributed by atoms with van der Waals surface area (Å²) in [5.74, 6) is -1.00. The number of primary amides is 1. The number of nitrogens with zero attached hydrogens (tertiary/aromatic N) is 1. The predicted molar refractivity (Wildman–Crippen MR) is 116 cm³/mol. The van der Waals surface area contributed by atoms with Crippen LogP contribution in [0.1, 0.15) is 36.0 Å². The van der Waals surface area contributed by atoms with Gasteiger partial charge in [-0.1, -0.05) is 48.0 Å². The van der Waals surface area contributed by atoms with Crippen LogP contribution in [0.3, 0.4) is 0 Å². The first-order valence-electron chi connectivity index (χ1n) is 9.98. The number of amides is 3. The summed E-state index contributed by atoms with van der Waals surface area (Å²) in [6.45, 7) is 2.74. The normalized spacial score (nSPS) is 18.3. The van der Waals surface area contributed by atoms with Gasteiger partial charge < -0.3 is 16.0 Å². The molecule has 2 aromatic rings. The van der Waals surface area contributed by atoms with Crippen molar-refractivity contribution < 1.29 is 14.4 Å². The molecule has 0 aromatic heterocycles. The molecule has 7 heteroatoms. The zero-order chi connectivity index (χ0) is 21.7. The lowest BCUT2D eigenvalue weighted by Gasteiger charge is -2.17. The lowest BCUT2D eigenvalue weighted by Crippen LogP contribution is -2.32. The van der Waals surface area contributed by atoms with Crippen molar-refractivity contribution in [3.63, 3.8) is 0 Å². The van der Waals surface area contributed by atoms with Crippen molar-refractivity contribution >= 4 is 29.3 Å². The van der Waals surface area contributed by atoms with E-state index in [9.17, 15) is 14.4 Å². The fourth-order valence-corrected chi connectivity index (χ4v) is 3.93. The van der Waals surface area contributed by atoms with Crippen LogP contribution in [0.25, 0.3) is 0 Å². The van der Waals surface area contributed by atoms with Crippen LogP contribution in [0.15, 0.2) is 48.5 Å². The lowest BCUT2D eigenvalue weighted by atomic mass is 9.88. The average molecular weight is 428 g/mol. The van der Waals surface area contributed by atoms with Gasteiger partial charge in [-0.15, -0.1) is 0 Å². The van der Waals surface area contributed by atoms with Crippen molar-refractivity contribution in [2.45, 2.75) is 32.2 Å². The highest BCUT2D eigenvalue weighted by molar-refractivity contribution is 6.30. The highest BCUT2D eigenvalue weighted by Crippen LogP contribution is 2.33. The second-order valence-electron chi connectivity index (χ2n) is 7.69. The molecule has 158 valence electrons. The van der Waals surface area contributed by atoms with Crippen LogP contribution in [0, 0.1) is 5.92 Å². The number of benzene rings is 2. The first kappa shape index (κ1) is 21.8. The van der Waals surface area contributed by atoms with Crippen LogP contribution in [0.5, 0.6) is 0 Å². The van der Waals surface area contributed by atoms with Crippen LogP contribution in [0.2, 0.25) is 5.02 Å². The maximum atomic E-state index is 12.7. The highest BCUT2D eigenvalue weighted by Gasteiger charge is 2.39. The third-order valence-corrected chi connectivity index (χ3v) is 5.78. The molecule has 0 unspecified atom stereocenters. The Morgan fingerprint density at radius 3 is 2.27 bits per heavy atom. The Kier molecular flexibility index (Phi) is 7.11. The summed E-state index contributed by atoms with van der Waals surface area (Å²) in [6, 6.07) is 15.2. The summed E-state index contributed by atoms with van der Waals surface area (Å²) < 4.78 is 0. The van der Waals surface area contributed by atoms with Gasteiger partial charge in [-0.05, 0) is 35.2 Å². The van der Waals surface area contributed by atoms with Gasteiger partial charge in [-0.3, -0.25) is 14.4 Å². The maximum Gasteiger partial charge on any atom is 0.223 e. The highest BCUT2D eigenvalue weighted by atomic mass is 35.5. The number of hydrogen-bond acceptors (Lipinski definition) is 3. The molecule has 0 radical (unpaired) electrons. The van der Waals surface area contributed by atoms with E-state index in [1.807, 2.05) is 48.5 Å². The van der Waals surface area contributed by atoms with Gasteiger partial charge in [0.15, 0.2) is 0 Å². The van der Waals surface area contributed by atoms with Crippen molar-refractivity contribution in [3.8, 4) is 0 Å². The summed E-state index contributed by atoms with van der Waals surface area (Å²) in [7, 11) is 0. The zero-order valence-electron chi connectivity index (χ0n) is 16.9. The molecular formula is C23H26ClN3O3. The summed E-state index contributed by atoms with van der Waals surface area (Å²) in [6.07, 6.45) is 0.992. The maximum absolute atomic E-state index is 12.7. The second kappa shape index (κ2) is 9.76. The molecule has 2 aromatic carbocycles. The number of halogens is 1. The Morgan fingerprint density at radius 1 is 1.03 bits per heavy atom. The SMILES string of the molecule is CC(=O)NCc1ccc([C@H]2CN(C(=O)CCc3ccc(Cl)cc3)C[C@@H]2C(N)=O)cc1. The molecular weight excluding hydrogens is 402 g/mol. The van der Waals surface area contributed by atoms with E-state index in [0.29, 0.717) is 37.5 Å². The molecule has 30 heavy (non-hydrogen) atoms. The minimum atomic E-state index is -0.411. The summed E-state index contributed by atoms with van der Waals surface area (Å²) in [5.41, 5.74) is 8.63. The number of likely N-dealkylation sites (tertiary alicyclic amines) is 1. The minimum Gasteiger partial charge on any atom is -0.369 e. The molecule has 3 amide bonds. The molecule has 1 aliphatic rings. The number of rotatable bonds is 7. The minimum absolute atomic E-state index is 0.0148. The largest absolute Gasteiger partial charge is 0.369 e. The van der Waals surface area contributed by atoms with Crippen LogP contribution in [0.4, 0.5) is 0 Å². The standard InChI is InChI=1S/C23H26ClN3O3/c1-15(28)26-12-17-2-7-18(8-3-17)20-13-27(14-21(20)23(25)30)22(29)11-6-16-4-9-19(24)10-5-16/h2-5,7-10,20-21H,6,11-14H2,1H3,(H2,25,30)(H,26,28)/t20-,21+/m1/s1. The molecule has 1 heterocycles. The average Bonchev–Trinajstić information content (AvgIpc) is 3.18. The number of carbonyl (C=O) groups is 3. The molecule has 6 nitrogen and oxygen atoms in total. The number of nitrogens with one attached hydrogen (secondary N) is 1. The van der Waals surface area contributed by atoms with Crippen LogP contribution < -0.4 is 11.1 Å². The molecule has 1 aliphatic heterocycles. The quantitative estimate of drug-likeness (QED) is 0.711. The van der Waals surface area contributed by atoms with Gasteiger partial charge >= 0.3 is 0 Å². The lowest BCUT2D eigenvalue weighted by molar-refractivity contribution is -0.130. The first-order chi connectivity index (χ1) is 14.3. The smallest absolute Gasteiger partial charge is 0.223 e. The van der Waals surface area contributed by atoms with Gasteiger partial charge in [0, 0.05) is 43.9 Å². The molecule has 1 fully saturated rings. The van der Waals surface area contributed by atoms with Gasteiger partial charge in [0.2, 0.25) is 17.7 Å². The Morgan fingerprint density at radius 2 is 1.67 bits per heavy atom. The predicted octanol–water partition coefficient (Wildman–Crippen LogP) is 2.64. The summed E-state index contributed by atoms with van der Waals surface area (Å²) in [5, 5.41) is 3.42. The van der Waals surface area contributed by atoms with Gasteiger partial charge in [0.1, 0.15) is 0 Å². The van der Waals surface area contributed by atoms with Gasteiger partial charge in [0.25, 0.3) is 0 Å². The van der Waals surface area contributed by atoms with Gasteiger partial charge in [0.05, 0.1) is 5.92 Å². The van der Waals surface area contributed by atoms with E-state index in [1.54, 1.807) is 4.90 Å². The Labute approximate surface area is 181 Å². The van der Waals surface area contributed by atoms with Gasteiger partial charge in [-0.2, -0.15) is 0 Å². The first-order valence-corrected chi connectivity index (χ1v) is 10.4.